The van der Waals surface area contributed by atoms with Crippen LogP contribution in [0.2, 0.25) is 0 Å². The lowest BCUT2D eigenvalue weighted by Crippen LogP contribution is -2.53. The Morgan fingerprint density at radius 1 is 1.17 bits per heavy atom. The molecule has 3 aliphatic rings. The van der Waals surface area contributed by atoms with Crippen molar-refractivity contribution in [1.29, 1.82) is 0 Å². The van der Waals surface area contributed by atoms with Gasteiger partial charge in [-0.15, -0.1) is 0 Å². The molecule has 0 radical (unpaired) electrons. The Kier molecular flexibility index (Phi) is 6.54. The van der Waals surface area contributed by atoms with Crippen molar-refractivity contribution in [3.8, 4) is 0 Å². The van der Waals surface area contributed by atoms with Crippen LogP contribution >= 0.6 is 0 Å². The van der Waals surface area contributed by atoms with Crippen molar-refractivity contribution in [3.63, 3.8) is 0 Å². The van der Waals surface area contributed by atoms with Gasteiger partial charge in [0.2, 0.25) is 0 Å². The van der Waals surface area contributed by atoms with Gasteiger partial charge in [-0.05, 0) is 32.1 Å². The van der Waals surface area contributed by atoms with Crippen LogP contribution in [0, 0.1) is 5.92 Å². The largest absolute Gasteiger partial charge is 0.381 e. The van der Waals surface area contributed by atoms with Crippen molar-refractivity contribution in [2.75, 3.05) is 65.6 Å². The van der Waals surface area contributed by atoms with E-state index in [-0.39, 0.29) is 0 Å². The fraction of sp³-hybridized carbons (Fsp3) is 0.941. The lowest BCUT2D eigenvalue weighted by Gasteiger charge is -2.37. The summed E-state index contributed by atoms with van der Waals surface area (Å²) in [7, 11) is 0. The van der Waals surface area contributed by atoms with Crippen LogP contribution in [0.15, 0.2) is 4.99 Å². The molecule has 6 nitrogen and oxygen atoms in total. The molecule has 0 aliphatic carbocycles. The van der Waals surface area contributed by atoms with Crippen LogP contribution in [0.4, 0.5) is 0 Å². The summed E-state index contributed by atoms with van der Waals surface area (Å²) >= 11 is 0. The minimum Gasteiger partial charge on any atom is -0.381 e. The molecule has 2 unspecified atom stereocenters. The van der Waals surface area contributed by atoms with Crippen molar-refractivity contribution in [2.45, 2.75) is 32.3 Å². The molecule has 2 atom stereocenters. The molecule has 0 bridgehead atoms. The molecule has 0 aromatic heterocycles. The van der Waals surface area contributed by atoms with Gasteiger partial charge in [0.15, 0.2) is 5.96 Å². The van der Waals surface area contributed by atoms with Crippen LogP contribution in [0.25, 0.3) is 0 Å². The van der Waals surface area contributed by atoms with Gasteiger partial charge in [-0.3, -0.25) is 9.89 Å². The number of rotatable bonds is 5. The Morgan fingerprint density at radius 3 is 2.70 bits per heavy atom. The zero-order valence-electron chi connectivity index (χ0n) is 14.5. The summed E-state index contributed by atoms with van der Waals surface area (Å²) in [6, 6.07) is 0. The van der Waals surface area contributed by atoms with Gasteiger partial charge in [-0.2, -0.15) is 0 Å². The topological polar surface area (TPSA) is 49.3 Å². The molecule has 0 saturated carbocycles. The number of nitrogens with zero attached hydrogens (tertiary/aromatic N) is 3. The summed E-state index contributed by atoms with van der Waals surface area (Å²) in [6.45, 7) is 12.2. The van der Waals surface area contributed by atoms with Crippen molar-refractivity contribution in [1.82, 2.24) is 15.1 Å². The number of hydrogen-bond acceptors (Lipinski definition) is 4. The van der Waals surface area contributed by atoms with Crippen molar-refractivity contribution >= 4 is 5.96 Å². The summed E-state index contributed by atoms with van der Waals surface area (Å²) in [6.07, 6.45) is 3.89. The number of hydrogen-bond donors (Lipinski definition) is 1. The zero-order valence-corrected chi connectivity index (χ0v) is 14.5. The second-order valence-corrected chi connectivity index (χ2v) is 6.85. The van der Waals surface area contributed by atoms with Crippen molar-refractivity contribution in [2.24, 2.45) is 10.9 Å². The first kappa shape index (κ1) is 17.0. The normalized spacial score (nSPS) is 30.1. The number of aliphatic imine (C=N–C) groups is 1. The summed E-state index contributed by atoms with van der Waals surface area (Å²) < 4.78 is 11.2. The highest BCUT2D eigenvalue weighted by Gasteiger charge is 2.24. The van der Waals surface area contributed by atoms with E-state index in [1.165, 1.54) is 19.4 Å². The van der Waals surface area contributed by atoms with Gasteiger partial charge in [-0.25, -0.2) is 0 Å². The summed E-state index contributed by atoms with van der Waals surface area (Å²) in [5, 5.41) is 3.45. The molecule has 3 rings (SSSR count). The molecule has 23 heavy (non-hydrogen) atoms. The summed E-state index contributed by atoms with van der Waals surface area (Å²) in [5.41, 5.74) is 0. The molecule has 0 aromatic rings. The second kappa shape index (κ2) is 8.85. The molecule has 1 N–H and O–H groups in total. The average molecular weight is 324 g/mol. The van der Waals surface area contributed by atoms with E-state index in [1.54, 1.807) is 0 Å². The third kappa shape index (κ3) is 5.06. The van der Waals surface area contributed by atoms with Crippen molar-refractivity contribution < 1.29 is 9.47 Å². The molecule has 6 heteroatoms. The zero-order chi connectivity index (χ0) is 15.9. The monoisotopic (exact) mass is 324 g/mol. The van der Waals surface area contributed by atoms with E-state index in [0.717, 1.165) is 77.4 Å². The van der Waals surface area contributed by atoms with Crippen LogP contribution < -0.4 is 5.32 Å². The van der Waals surface area contributed by atoms with Gasteiger partial charge in [-0.1, -0.05) is 0 Å². The third-order valence-corrected chi connectivity index (χ3v) is 5.02. The highest BCUT2D eigenvalue weighted by molar-refractivity contribution is 5.80. The minimum absolute atomic E-state index is 0.326. The highest BCUT2D eigenvalue weighted by Crippen LogP contribution is 2.15. The maximum absolute atomic E-state index is 5.69. The quantitative estimate of drug-likeness (QED) is 0.598. The van der Waals surface area contributed by atoms with E-state index >= 15 is 0 Å². The Morgan fingerprint density at radius 2 is 2.04 bits per heavy atom. The predicted molar refractivity (Wildman–Crippen MR) is 91.9 cm³/mol. The molecule has 0 spiro atoms. The lowest BCUT2D eigenvalue weighted by molar-refractivity contribution is 0.116. The van der Waals surface area contributed by atoms with Gasteiger partial charge >= 0.3 is 0 Å². The predicted octanol–water partition coefficient (Wildman–Crippen LogP) is 0.785. The van der Waals surface area contributed by atoms with Gasteiger partial charge in [0.05, 0.1) is 19.3 Å². The SMILES string of the molecule is CCNC(=NCC1CCCO1)N1CCN(CC2CCOC2)CC1. The maximum atomic E-state index is 5.69. The molecule has 3 saturated heterocycles. The molecule has 3 aliphatic heterocycles. The Labute approximate surface area is 140 Å². The van der Waals surface area contributed by atoms with Gasteiger partial charge < -0.3 is 19.7 Å². The summed E-state index contributed by atoms with van der Waals surface area (Å²) in [4.78, 5) is 9.80. The number of nitrogens with one attached hydrogen (secondary N) is 1. The number of piperazine rings is 1. The third-order valence-electron chi connectivity index (χ3n) is 5.02. The second-order valence-electron chi connectivity index (χ2n) is 6.85. The molecular formula is C17H32N4O2. The van der Waals surface area contributed by atoms with E-state index in [4.69, 9.17) is 14.5 Å². The Bertz CT molecular complexity index is 371. The Balaban J connectivity index is 1.45. The number of ether oxygens (including phenoxy) is 2. The van der Waals surface area contributed by atoms with E-state index in [9.17, 15) is 0 Å². The van der Waals surface area contributed by atoms with Gasteiger partial charge in [0.1, 0.15) is 0 Å². The molecular weight excluding hydrogens is 292 g/mol. The van der Waals surface area contributed by atoms with Crippen molar-refractivity contribution in [3.05, 3.63) is 0 Å². The summed E-state index contributed by atoms with van der Waals surface area (Å²) in [5.74, 6) is 1.80. The van der Waals surface area contributed by atoms with Crippen LogP contribution in [-0.4, -0.2) is 87.5 Å². The van der Waals surface area contributed by atoms with Crippen LogP contribution in [0.1, 0.15) is 26.2 Å². The smallest absolute Gasteiger partial charge is 0.194 e. The molecule has 132 valence electrons. The maximum Gasteiger partial charge on any atom is 0.194 e. The Hall–Kier alpha value is -0.850. The van der Waals surface area contributed by atoms with E-state index in [0.29, 0.717) is 6.10 Å². The van der Waals surface area contributed by atoms with E-state index < -0.39 is 0 Å². The highest BCUT2D eigenvalue weighted by atomic mass is 16.5. The average Bonchev–Trinajstić information content (AvgIpc) is 3.26. The minimum atomic E-state index is 0.326. The first-order valence-electron chi connectivity index (χ1n) is 9.30. The molecule has 0 amide bonds. The van der Waals surface area contributed by atoms with E-state index in [2.05, 4.69) is 22.0 Å². The fourth-order valence-corrected chi connectivity index (χ4v) is 3.64. The molecule has 3 fully saturated rings. The lowest BCUT2D eigenvalue weighted by atomic mass is 10.1. The van der Waals surface area contributed by atoms with Gasteiger partial charge in [0, 0.05) is 52.5 Å². The van der Waals surface area contributed by atoms with Gasteiger partial charge in [0.25, 0.3) is 0 Å². The van der Waals surface area contributed by atoms with Crippen LogP contribution in [0.5, 0.6) is 0 Å². The fourth-order valence-electron chi connectivity index (χ4n) is 3.64. The number of guanidine groups is 1. The molecule has 3 heterocycles. The van der Waals surface area contributed by atoms with Crippen LogP contribution in [0.3, 0.4) is 0 Å². The van der Waals surface area contributed by atoms with E-state index in [1.807, 2.05) is 0 Å². The first-order chi connectivity index (χ1) is 11.3. The van der Waals surface area contributed by atoms with Crippen LogP contribution in [-0.2, 0) is 9.47 Å². The first-order valence-corrected chi connectivity index (χ1v) is 9.30. The molecule has 0 aromatic carbocycles. The standard InChI is InChI=1S/C17H32N4O2/c1-2-18-17(19-12-16-4-3-10-23-16)21-8-6-20(7-9-21)13-15-5-11-22-14-15/h15-16H,2-14H2,1H3,(H,18,19).